The minimum absolute atomic E-state index is 0. The van der Waals surface area contributed by atoms with E-state index in [1.165, 1.54) is 0 Å². The number of carbonyl (C=O) groups excluding carboxylic acids is 1. The third-order valence-corrected chi connectivity index (χ3v) is 1.96. The summed E-state index contributed by atoms with van der Waals surface area (Å²) in [5, 5.41) is 2.75. The third kappa shape index (κ3) is 6.09. The Bertz CT molecular complexity index is 347. The Morgan fingerprint density at radius 2 is 2.29 bits per heavy atom. The van der Waals surface area contributed by atoms with Gasteiger partial charge in [-0.25, -0.2) is 4.98 Å². The first-order chi connectivity index (χ1) is 7.74. The summed E-state index contributed by atoms with van der Waals surface area (Å²) in [4.78, 5) is 15.5. The highest BCUT2D eigenvalue weighted by Gasteiger charge is 2.05. The molecule has 6 heteroatoms. The van der Waals surface area contributed by atoms with E-state index in [9.17, 15) is 4.79 Å². The molecule has 3 N–H and O–H groups in total. The van der Waals surface area contributed by atoms with Gasteiger partial charge >= 0.3 is 0 Å². The lowest BCUT2D eigenvalue weighted by Crippen LogP contribution is -2.26. The summed E-state index contributed by atoms with van der Waals surface area (Å²) in [6.07, 6.45) is 0.794. The Hall–Kier alpha value is -1.33. The number of carbonyl (C=O) groups is 1. The van der Waals surface area contributed by atoms with Crippen LogP contribution >= 0.6 is 12.4 Å². The summed E-state index contributed by atoms with van der Waals surface area (Å²) in [6.45, 7) is 3.87. The number of hydrogen-bond acceptors (Lipinski definition) is 4. The second-order valence-corrected chi connectivity index (χ2v) is 3.25. The van der Waals surface area contributed by atoms with E-state index in [1.54, 1.807) is 18.2 Å². The van der Waals surface area contributed by atoms with Crippen LogP contribution in [0.5, 0.6) is 0 Å². The molecule has 0 fully saturated rings. The minimum atomic E-state index is -0.205. The van der Waals surface area contributed by atoms with Crippen LogP contribution < -0.4 is 11.1 Å². The second kappa shape index (κ2) is 8.78. The molecule has 1 aromatic rings. The zero-order valence-electron chi connectivity index (χ0n) is 9.81. The molecule has 96 valence electrons. The average molecular weight is 260 g/mol. The highest BCUT2D eigenvalue weighted by atomic mass is 35.5. The van der Waals surface area contributed by atoms with E-state index in [4.69, 9.17) is 10.5 Å². The number of hydrogen-bond donors (Lipinski definition) is 2. The predicted molar refractivity (Wildman–Crippen MR) is 69.3 cm³/mol. The van der Waals surface area contributed by atoms with Gasteiger partial charge in [0.2, 0.25) is 0 Å². The summed E-state index contributed by atoms with van der Waals surface area (Å²) in [5.41, 5.74) is 5.82. The number of aromatic nitrogens is 1. The molecule has 0 unspecified atom stereocenters. The fraction of sp³-hybridized carbons (Fsp3) is 0.455. The zero-order valence-corrected chi connectivity index (χ0v) is 10.6. The van der Waals surface area contributed by atoms with Crippen molar-refractivity contribution in [1.82, 2.24) is 10.3 Å². The van der Waals surface area contributed by atoms with Crippen LogP contribution in [-0.2, 0) is 4.74 Å². The van der Waals surface area contributed by atoms with Gasteiger partial charge in [0, 0.05) is 19.8 Å². The van der Waals surface area contributed by atoms with Crippen LogP contribution in [0.3, 0.4) is 0 Å². The van der Waals surface area contributed by atoms with Crippen molar-refractivity contribution in [2.75, 3.05) is 25.5 Å². The molecule has 1 amide bonds. The van der Waals surface area contributed by atoms with E-state index >= 15 is 0 Å². The Kier molecular flexibility index (Phi) is 8.09. The topological polar surface area (TPSA) is 77.2 Å². The van der Waals surface area contributed by atoms with Crippen LogP contribution in [0.25, 0.3) is 0 Å². The van der Waals surface area contributed by atoms with Crippen molar-refractivity contribution in [3.05, 3.63) is 23.9 Å². The Morgan fingerprint density at radius 3 is 2.94 bits per heavy atom. The van der Waals surface area contributed by atoms with E-state index in [-0.39, 0.29) is 18.3 Å². The van der Waals surface area contributed by atoms with Gasteiger partial charge in [0.1, 0.15) is 11.5 Å². The molecule has 1 heterocycles. The molecule has 0 bridgehead atoms. The van der Waals surface area contributed by atoms with Crippen molar-refractivity contribution in [2.24, 2.45) is 0 Å². The molecule has 0 aromatic carbocycles. The molecule has 0 atom stereocenters. The van der Waals surface area contributed by atoms with Crippen molar-refractivity contribution < 1.29 is 9.53 Å². The second-order valence-electron chi connectivity index (χ2n) is 3.25. The molecule has 0 saturated heterocycles. The maximum absolute atomic E-state index is 11.6. The maximum Gasteiger partial charge on any atom is 0.269 e. The van der Waals surface area contributed by atoms with Crippen molar-refractivity contribution in [3.8, 4) is 0 Å². The molecular weight excluding hydrogens is 242 g/mol. The standard InChI is InChI=1S/C11H17N3O2.ClH/c1-2-16-8-4-7-13-11(15)9-5-3-6-10(12)14-9;/h3,5-6H,2,4,7-8H2,1H3,(H2,12,14)(H,13,15);1H. The molecule has 0 spiro atoms. The van der Waals surface area contributed by atoms with E-state index in [2.05, 4.69) is 10.3 Å². The fourth-order valence-corrected chi connectivity index (χ4v) is 1.19. The normalized spacial score (nSPS) is 9.47. The number of rotatable bonds is 6. The Labute approximate surface area is 107 Å². The summed E-state index contributed by atoms with van der Waals surface area (Å²) >= 11 is 0. The molecule has 1 aromatic heterocycles. The van der Waals surface area contributed by atoms with Gasteiger partial charge in [-0.05, 0) is 25.5 Å². The first-order valence-corrected chi connectivity index (χ1v) is 5.32. The number of anilines is 1. The van der Waals surface area contributed by atoms with Crippen LogP contribution in [-0.4, -0.2) is 30.6 Å². The van der Waals surface area contributed by atoms with Crippen LogP contribution in [0.1, 0.15) is 23.8 Å². The summed E-state index contributed by atoms with van der Waals surface area (Å²) in [6, 6.07) is 4.98. The van der Waals surface area contributed by atoms with Gasteiger partial charge in [-0.15, -0.1) is 12.4 Å². The lowest BCUT2D eigenvalue weighted by atomic mass is 10.3. The van der Waals surface area contributed by atoms with Gasteiger partial charge in [-0.2, -0.15) is 0 Å². The number of halogens is 1. The maximum atomic E-state index is 11.6. The fourth-order valence-electron chi connectivity index (χ4n) is 1.19. The number of nitrogens with zero attached hydrogens (tertiary/aromatic N) is 1. The van der Waals surface area contributed by atoms with Gasteiger partial charge in [0.25, 0.3) is 5.91 Å². The van der Waals surface area contributed by atoms with Gasteiger partial charge in [0.15, 0.2) is 0 Å². The smallest absolute Gasteiger partial charge is 0.269 e. The van der Waals surface area contributed by atoms with Crippen LogP contribution in [0, 0.1) is 0 Å². The summed E-state index contributed by atoms with van der Waals surface area (Å²) in [7, 11) is 0. The van der Waals surface area contributed by atoms with Crippen LogP contribution in [0.4, 0.5) is 5.82 Å². The molecule has 0 radical (unpaired) electrons. The molecule has 0 aliphatic carbocycles. The van der Waals surface area contributed by atoms with Crippen LogP contribution in [0.2, 0.25) is 0 Å². The van der Waals surface area contributed by atoms with Crippen LogP contribution in [0.15, 0.2) is 18.2 Å². The molecule has 17 heavy (non-hydrogen) atoms. The summed E-state index contributed by atoms with van der Waals surface area (Å²) < 4.78 is 5.15. The highest BCUT2D eigenvalue weighted by Crippen LogP contribution is 1.99. The lowest BCUT2D eigenvalue weighted by molar-refractivity contribution is 0.0939. The van der Waals surface area contributed by atoms with Gasteiger partial charge in [-0.1, -0.05) is 6.07 Å². The number of ether oxygens (including phenoxy) is 1. The predicted octanol–water partition coefficient (Wildman–Crippen LogP) is 1.24. The molecule has 0 saturated carbocycles. The molecule has 5 nitrogen and oxygen atoms in total. The average Bonchev–Trinajstić information content (AvgIpc) is 2.28. The number of nitrogen functional groups attached to an aromatic ring is 1. The van der Waals surface area contributed by atoms with Crippen molar-refractivity contribution in [3.63, 3.8) is 0 Å². The van der Waals surface area contributed by atoms with Crippen molar-refractivity contribution >= 4 is 24.1 Å². The molecule has 0 aliphatic heterocycles. The lowest BCUT2D eigenvalue weighted by Gasteiger charge is -2.05. The summed E-state index contributed by atoms with van der Waals surface area (Å²) in [5.74, 6) is 0.144. The van der Waals surface area contributed by atoms with E-state index in [1.807, 2.05) is 6.92 Å². The first-order valence-electron chi connectivity index (χ1n) is 5.32. The largest absolute Gasteiger partial charge is 0.384 e. The molecule has 1 rings (SSSR count). The van der Waals surface area contributed by atoms with E-state index in [0.29, 0.717) is 31.3 Å². The van der Waals surface area contributed by atoms with Crippen molar-refractivity contribution in [2.45, 2.75) is 13.3 Å². The quantitative estimate of drug-likeness (QED) is 0.754. The minimum Gasteiger partial charge on any atom is -0.384 e. The van der Waals surface area contributed by atoms with E-state index in [0.717, 1.165) is 6.42 Å². The Morgan fingerprint density at radius 1 is 1.53 bits per heavy atom. The first kappa shape index (κ1) is 15.7. The number of nitrogens with two attached hydrogens (primary N) is 1. The number of amides is 1. The monoisotopic (exact) mass is 259 g/mol. The zero-order chi connectivity index (χ0) is 11.8. The SMILES string of the molecule is CCOCCCNC(=O)c1cccc(N)n1.Cl. The van der Waals surface area contributed by atoms with E-state index < -0.39 is 0 Å². The number of nitrogens with one attached hydrogen (secondary N) is 1. The molecular formula is C11H18ClN3O2. The third-order valence-electron chi connectivity index (χ3n) is 1.96. The van der Waals surface area contributed by atoms with Gasteiger partial charge in [-0.3, -0.25) is 4.79 Å². The number of pyridine rings is 1. The van der Waals surface area contributed by atoms with Crippen molar-refractivity contribution in [1.29, 1.82) is 0 Å². The molecule has 0 aliphatic rings. The van der Waals surface area contributed by atoms with Gasteiger partial charge < -0.3 is 15.8 Å². The Balaban J connectivity index is 0.00000256. The highest BCUT2D eigenvalue weighted by molar-refractivity contribution is 5.92. The van der Waals surface area contributed by atoms with Gasteiger partial charge in [0.05, 0.1) is 0 Å².